The van der Waals surface area contributed by atoms with Crippen molar-refractivity contribution < 1.29 is 14.9 Å². The van der Waals surface area contributed by atoms with Crippen molar-refractivity contribution in [3.63, 3.8) is 0 Å². The molecule has 0 saturated heterocycles. The molecule has 0 amide bonds. The number of rotatable bonds is 3. The molecule has 0 aromatic carbocycles. The van der Waals surface area contributed by atoms with Gasteiger partial charge in [-0.3, -0.25) is 0 Å². The lowest BCUT2D eigenvalue weighted by atomic mass is 9.74. The van der Waals surface area contributed by atoms with Gasteiger partial charge in [-0.05, 0) is 24.7 Å². The monoisotopic (exact) mass is 202 g/mol. The first kappa shape index (κ1) is 12.0. The van der Waals surface area contributed by atoms with Gasteiger partial charge in [-0.1, -0.05) is 20.8 Å². The highest BCUT2D eigenvalue weighted by molar-refractivity contribution is 4.86. The summed E-state index contributed by atoms with van der Waals surface area (Å²) < 4.78 is 5.35. The van der Waals surface area contributed by atoms with Crippen LogP contribution in [0.5, 0.6) is 0 Å². The van der Waals surface area contributed by atoms with Gasteiger partial charge in [0.15, 0.2) is 0 Å². The van der Waals surface area contributed by atoms with Gasteiger partial charge in [0.2, 0.25) is 5.79 Å². The van der Waals surface area contributed by atoms with E-state index in [1.807, 2.05) is 0 Å². The molecule has 1 rings (SSSR count). The van der Waals surface area contributed by atoms with Gasteiger partial charge in [-0.25, -0.2) is 10.1 Å². The van der Waals surface area contributed by atoms with Gasteiger partial charge in [-0.15, -0.1) is 0 Å². The second-order valence-electron chi connectivity index (χ2n) is 4.79. The third-order valence-electron chi connectivity index (χ3n) is 3.71. The Balaban J connectivity index is 2.71. The van der Waals surface area contributed by atoms with Crippen molar-refractivity contribution in [3.8, 4) is 0 Å². The van der Waals surface area contributed by atoms with E-state index in [-0.39, 0.29) is 5.92 Å². The van der Waals surface area contributed by atoms with Crippen LogP contribution < -0.4 is 0 Å². The summed E-state index contributed by atoms with van der Waals surface area (Å²) in [5, 5.41) is 8.99. The van der Waals surface area contributed by atoms with E-state index in [0.717, 1.165) is 12.8 Å². The number of hydrogen-bond donors (Lipinski definition) is 1. The van der Waals surface area contributed by atoms with Gasteiger partial charge in [0.05, 0.1) is 0 Å². The molecule has 1 N–H and O–H groups in total. The molecule has 0 aromatic rings. The van der Waals surface area contributed by atoms with Crippen molar-refractivity contribution >= 4 is 0 Å². The van der Waals surface area contributed by atoms with Gasteiger partial charge in [0, 0.05) is 19.4 Å². The minimum atomic E-state index is -0.771. The van der Waals surface area contributed by atoms with Crippen LogP contribution >= 0.6 is 0 Å². The minimum Gasteiger partial charge on any atom is -0.350 e. The highest BCUT2D eigenvalue weighted by atomic mass is 17.1. The van der Waals surface area contributed by atoms with Crippen molar-refractivity contribution in [2.75, 3.05) is 7.11 Å². The summed E-state index contributed by atoms with van der Waals surface area (Å²) in [5.74, 6) is 0.686. The highest BCUT2D eigenvalue weighted by Crippen LogP contribution is 2.42. The van der Waals surface area contributed by atoms with E-state index >= 15 is 0 Å². The fraction of sp³-hybridized carbons (Fsp3) is 1.00. The molecule has 0 aliphatic heterocycles. The van der Waals surface area contributed by atoms with Crippen molar-refractivity contribution in [2.24, 2.45) is 17.8 Å². The van der Waals surface area contributed by atoms with E-state index in [4.69, 9.17) is 9.99 Å². The average molecular weight is 202 g/mol. The third-order valence-corrected chi connectivity index (χ3v) is 3.71. The second kappa shape index (κ2) is 4.60. The predicted molar refractivity (Wildman–Crippen MR) is 54.8 cm³/mol. The lowest BCUT2D eigenvalue weighted by Gasteiger charge is -2.42. The molecule has 3 atom stereocenters. The topological polar surface area (TPSA) is 38.7 Å². The highest BCUT2D eigenvalue weighted by Gasteiger charge is 2.44. The Morgan fingerprint density at radius 1 is 1.36 bits per heavy atom. The molecule has 1 aliphatic rings. The van der Waals surface area contributed by atoms with Crippen molar-refractivity contribution in [3.05, 3.63) is 0 Å². The van der Waals surface area contributed by atoms with Crippen LogP contribution in [-0.4, -0.2) is 18.2 Å². The summed E-state index contributed by atoms with van der Waals surface area (Å²) in [6, 6.07) is 0. The maximum absolute atomic E-state index is 8.99. The molecule has 0 aromatic heterocycles. The van der Waals surface area contributed by atoms with Crippen molar-refractivity contribution in [2.45, 2.75) is 45.8 Å². The van der Waals surface area contributed by atoms with Crippen LogP contribution in [-0.2, 0) is 9.62 Å². The van der Waals surface area contributed by atoms with E-state index < -0.39 is 5.79 Å². The summed E-state index contributed by atoms with van der Waals surface area (Å²) in [6.07, 6.45) is 3.05. The van der Waals surface area contributed by atoms with E-state index in [1.165, 1.54) is 6.42 Å². The van der Waals surface area contributed by atoms with Crippen molar-refractivity contribution in [1.82, 2.24) is 0 Å². The van der Waals surface area contributed by atoms with Crippen LogP contribution in [0.25, 0.3) is 0 Å². The molecule has 3 heteroatoms. The molecule has 3 nitrogen and oxygen atoms in total. The first-order valence-corrected chi connectivity index (χ1v) is 5.43. The third kappa shape index (κ3) is 2.10. The smallest absolute Gasteiger partial charge is 0.203 e. The molecule has 0 spiro atoms. The molecule has 1 saturated carbocycles. The fourth-order valence-electron chi connectivity index (χ4n) is 2.37. The molecule has 3 unspecified atom stereocenters. The summed E-state index contributed by atoms with van der Waals surface area (Å²) in [4.78, 5) is 4.60. The Bertz CT molecular complexity index is 175. The molecule has 0 bridgehead atoms. The number of ether oxygens (including phenoxy) is 1. The quantitative estimate of drug-likeness (QED) is 0.434. The molecule has 0 radical (unpaired) electrons. The first-order chi connectivity index (χ1) is 6.55. The van der Waals surface area contributed by atoms with Gasteiger partial charge >= 0.3 is 0 Å². The van der Waals surface area contributed by atoms with Gasteiger partial charge in [-0.2, -0.15) is 0 Å². The Labute approximate surface area is 86.3 Å². The van der Waals surface area contributed by atoms with Crippen molar-refractivity contribution in [1.29, 1.82) is 0 Å². The van der Waals surface area contributed by atoms with Crippen LogP contribution in [0.15, 0.2) is 0 Å². The normalized spacial score (nSPS) is 39.0. The SMILES string of the molecule is COC1(OO)CC(C(C)C)CCC1C. The van der Waals surface area contributed by atoms with Crippen LogP contribution in [0.2, 0.25) is 0 Å². The Morgan fingerprint density at radius 3 is 2.43 bits per heavy atom. The zero-order valence-electron chi connectivity index (χ0n) is 9.62. The molecule has 1 fully saturated rings. The zero-order valence-corrected chi connectivity index (χ0v) is 9.62. The van der Waals surface area contributed by atoms with E-state index in [0.29, 0.717) is 11.8 Å². The van der Waals surface area contributed by atoms with Gasteiger partial charge in [0.25, 0.3) is 0 Å². The molecular formula is C11H22O3. The lowest BCUT2D eigenvalue weighted by molar-refractivity contribution is -0.424. The maximum atomic E-state index is 8.99. The fourth-order valence-corrected chi connectivity index (χ4v) is 2.37. The average Bonchev–Trinajstić information content (AvgIpc) is 2.19. The second-order valence-corrected chi connectivity index (χ2v) is 4.79. The standard InChI is InChI=1S/C11H22O3/c1-8(2)10-6-5-9(3)11(7-10,13-4)14-12/h8-10,12H,5-7H2,1-4H3. The zero-order chi connectivity index (χ0) is 10.8. The Morgan fingerprint density at radius 2 is 2.00 bits per heavy atom. The number of methoxy groups -OCH3 is 1. The van der Waals surface area contributed by atoms with E-state index in [1.54, 1.807) is 7.11 Å². The Kier molecular flexibility index (Phi) is 3.93. The molecule has 14 heavy (non-hydrogen) atoms. The molecule has 1 aliphatic carbocycles. The van der Waals surface area contributed by atoms with Crippen LogP contribution in [0.3, 0.4) is 0 Å². The molecular weight excluding hydrogens is 180 g/mol. The Hall–Kier alpha value is -0.120. The molecule has 84 valence electrons. The summed E-state index contributed by atoms with van der Waals surface area (Å²) in [7, 11) is 1.61. The lowest BCUT2D eigenvalue weighted by Crippen LogP contribution is -2.46. The van der Waals surface area contributed by atoms with Crippen LogP contribution in [0.1, 0.15) is 40.0 Å². The predicted octanol–water partition coefficient (Wildman–Crippen LogP) is 2.91. The van der Waals surface area contributed by atoms with Gasteiger partial charge in [0.1, 0.15) is 0 Å². The van der Waals surface area contributed by atoms with Gasteiger partial charge < -0.3 is 4.74 Å². The summed E-state index contributed by atoms with van der Waals surface area (Å²) in [5.41, 5.74) is 0. The number of hydrogen-bond acceptors (Lipinski definition) is 3. The van der Waals surface area contributed by atoms with E-state index in [9.17, 15) is 0 Å². The van der Waals surface area contributed by atoms with E-state index in [2.05, 4.69) is 25.7 Å². The van der Waals surface area contributed by atoms with Crippen LogP contribution in [0.4, 0.5) is 0 Å². The summed E-state index contributed by atoms with van der Waals surface area (Å²) >= 11 is 0. The largest absolute Gasteiger partial charge is 0.350 e. The van der Waals surface area contributed by atoms with Crippen LogP contribution in [0, 0.1) is 17.8 Å². The maximum Gasteiger partial charge on any atom is 0.203 e. The summed E-state index contributed by atoms with van der Waals surface area (Å²) in [6.45, 7) is 6.48. The minimum absolute atomic E-state index is 0.257. The first-order valence-electron chi connectivity index (χ1n) is 5.43. The molecule has 0 heterocycles.